The van der Waals surface area contributed by atoms with E-state index < -0.39 is 0 Å². The molecule has 1 aromatic rings. The zero-order valence-electron chi connectivity index (χ0n) is 9.45. The lowest BCUT2D eigenvalue weighted by Gasteiger charge is -2.26. The van der Waals surface area contributed by atoms with Crippen LogP contribution in [0.25, 0.3) is 0 Å². The highest BCUT2D eigenvalue weighted by molar-refractivity contribution is 5.27. The minimum absolute atomic E-state index is 0.753. The SMILES string of the molecule is Cn1c(N)cnc1CCN1CCCCC1. The summed E-state index contributed by atoms with van der Waals surface area (Å²) in [6.07, 6.45) is 6.84. The van der Waals surface area contributed by atoms with Crippen molar-refractivity contribution in [2.24, 2.45) is 7.05 Å². The number of nitrogens with two attached hydrogens (primary N) is 1. The molecule has 2 N–H and O–H groups in total. The number of anilines is 1. The van der Waals surface area contributed by atoms with Gasteiger partial charge < -0.3 is 15.2 Å². The summed E-state index contributed by atoms with van der Waals surface area (Å²) < 4.78 is 1.98. The third-order valence-electron chi connectivity index (χ3n) is 3.22. The average molecular weight is 208 g/mol. The smallest absolute Gasteiger partial charge is 0.123 e. The number of nitrogen functional groups attached to an aromatic ring is 1. The maximum atomic E-state index is 5.74. The van der Waals surface area contributed by atoms with Crippen LogP contribution in [0, 0.1) is 0 Å². The molecule has 0 aromatic carbocycles. The zero-order valence-corrected chi connectivity index (χ0v) is 9.45. The lowest BCUT2D eigenvalue weighted by atomic mass is 10.1. The lowest BCUT2D eigenvalue weighted by molar-refractivity contribution is 0.230. The molecule has 0 aliphatic carbocycles. The second-order valence-electron chi connectivity index (χ2n) is 4.31. The van der Waals surface area contributed by atoms with Gasteiger partial charge >= 0.3 is 0 Å². The van der Waals surface area contributed by atoms with Gasteiger partial charge in [-0.15, -0.1) is 0 Å². The van der Waals surface area contributed by atoms with Crippen LogP contribution in [0.15, 0.2) is 6.20 Å². The first-order valence-electron chi connectivity index (χ1n) is 5.76. The van der Waals surface area contributed by atoms with Crippen molar-refractivity contribution in [2.45, 2.75) is 25.7 Å². The van der Waals surface area contributed by atoms with Crippen LogP contribution >= 0.6 is 0 Å². The van der Waals surface area contributed by atoms with Gasteiger partial charge in [0.05, 0.1) is 6.20 Å². The quantitative estimate of drug-likeness (QED) is 0.807. The molecule has 0 radical (unpaired) electrons. The number of hydrogen-bond acceptors (Lipinski definition) is 3. The Hall–Kier alpha value is -1.03. The van der Waals surface area contributed by atoms with E-state index in [4.69, 9.17) is 5.73 Å². The fourth-order valence-corrected chi connectivity index (χ4v) is 2.14. The molecule has 0 saturated carbocycles. The van der Waals surface area contributed by atoms with E-state index >= 15 is 0 Å². The Labute approximate surface area is 91.1 Å². The van der Waals surface area contributed by atoms with Crippen LogP contribution in [-0.4, -0.2) is 34.1 Å². The summed E-state index contributed by atoms with van der Waals surface area (Å²) in [5.74, 6) is 1.85. The second-order valence-corrected chi connectivity index (χ2v) is 4.31. The number of imidazole rings is 1. The number of rotatable bonds is 3. The molecule has 0 spiro atoms. The van der Waals surface area contributed by atoms with E-state index in [0.717, 1.165) is 24.6 Å². The van der Waals surface area contributed by atoms with E-state index in [0.29, 0.717) is 0 Å². The Morgan fingerprint density at radius 1 is 1.33 bits per heavy atom. The van der Waals surface area contributed by atoms with Crippen LogP contribution in [0.2, 0.25) is 0 Å². The molecule has 1 aromatic heterocycles. The van der Waals surface area contributed by atoms with Gasteiger partial charge in [0.25, 0.3) is 0 Å². The summed E-state index contributed by atoms with van der Waals surface area (Å²) in [5, 5.41) is 0. The van der Waals surface area contributed by atoms with E-state index in [1.54, 1.807) is 6.20 Å². The highest BCUT2D eigenvalue weighted by Gasteiger charge is 2.11. The predicted octanol–water partition coefficient (Wildman–Crippen LogP) is 1.03. The summed E-state index contributed by atoms with van der Waals surface area (Å²) >= 11 is 0. The molecule has 1 aliphatic rings. The number of piperidine rings is 1. The van der Waals surface area contributed by atoms with Crippen LogP contribution in [0.3, 0.4) is 0 Å². The predicted molar refractivity (Wildman–Crippen MR) is 61.6 cm³/mol. The van der Waals surface area contributed by atoms with Gasteiger partial charge in [0.1, 0.15) is 11.6 Å². The van der Waals surface area contributed by atoms with Gasteiger partial charge in [-0.1, -0.05) is 6.42 Å². The molecule has 84 valence electrons. The minimum Gasteiger partial charge on any atom is -0.384 e. The van der Waals surface area contributed by atoms with E-state index in [2.05, 4.69) is 9.88 Å². The van der Waals surface area contributed by atoms with Crippen molar-refractivity contribution in [1.82, 2.24) is 14.5 Å². The molecule has 15 heavy (non-hydrogen) atoms. The fourth-order valence-electron chi connectivity index (χ4n) is 2.14. The normalized spacial score (nSPS) is 18.2. The van der Waals surface area contributed by atoms with Gasteiger partial charge in [0, 0.05) is 20.0 Å². The summed E-state index contributed by atoms with van der Waals surface area (Å²) in [6, 6.07) is 0. The van der Waals surface area contributed by atoms with Crippen molar-refractivity contribution in [1.29, 1.82) is 0 Å². The largest absolute Gasteiger partial charge is 0.384 e. The molecular formula is C11H20N4. The van der Waals surface area contributed by atoms with Crippen molar-refractivity contribution in [3.63, 3.8) is 0 Å². The van der Waals surface area contributed by atoms with Crippen molar-refractivity contribution in [3.8, 4) is 0 Å². The third-order valence-corrected chi connectivity index (χ3v) is 3.22. The summed E-state index contributed by atoms with van der Waals surface area (Å²) in [5.41, 5.74) is 5.74. The molecule has 0 unspecified atom stereocenters. The Kier molecular flexibility index (Phi) is 3.26. The molecule has 1 aliphatic heterocycles. The van der Waals surface area contributed by atoms with Crippen molar-refractivity contribution >= 4 is 5.82 Å². The van der Waals surface area contributed by atoms with E-state index in [1.165, 1.54) is 32.4 Å². The third kappa shape index (κ3) is 2.50. The molecule has 1 fully saturated rings. The standard InChI is InChI=1S/C11H20N4/c1-14-10(12)9-13-11(14)5-8-15-6-3-2-4-7-15/h9H,2-8,12H2,1H3. The van der Waals surface area contributed by atoms with E-state index in [9.17, 15) is 0 Å². The van der Waals surface area contributed by atoms with Gasteiger partial charge in [-0.25, -0.2) is 4.98 Å². The van der Waals surface area contributed by atoms with Gasteiger partial charge in [-0.2, -0.15) is 0 Å². The molecular weight excluding hydrogens is 188 g/mol. The van der Waals surface area contributed by atoms with Crippen LogP contribution in [0.4, 0.5) is 5.82 Å². The van der Waals surface area contributed by atoms with Gasteiger partial charge in [-0.3, -0.25) is 0 Å². The fraction of sp³-hybridized carbons (Fsp3) is 0.727. The van der Waals surface area contributed by atoms with Crippen LogP contribution in [-0.2, 0) is 13.5 Å². The summed E-state index contributed by atoms with van der Waals surface area (Å²) in [4.78, 5) is 6.83. The van der Waals surface area contributed by atoms with Crippen LogP contribution < -0.4 is 5.73 Å². The van der Waals surface area contributed by atoms with Gasteiger partial charge in [0.2, 0.25) is 0 Å². The molecule has 0 amide bonds. The monoisotopic (exact) mass is 208 g/mol. The summed E-state index contributed by atoms with van der Waals surface area (Å²) in [6.45, 7) is 3.62. The molecule has 4 nitrogen and oxygen atoms in total. The Morgan fingerprint density at radius 3 is 2.67 bits per heavy atom. The highest BCUT2D eigenvalue weighted by atomic mass is 15.1. The topological polar surface area (TPSA) is 47.1 Å². The maximum absolute atomic E-state index is 5.74. The Balaban J connectivity index is 1.84. The molecule has 0 bridgehead atoms. The van der Waals surface area contributed by atoms with Crippen molar-refractivity contribution in [2.75, 3.05) is 25.4 Å². The van der Waals surface area contributed by atoms with Crippen molar-refractivity contribution in [3.05, 3.63) is 12.0 Å². The van der Waals surface area contributed by atoms with Crippen LogP contribution in [0.1, 0.15) is 25.1 Å². The van der Waals surface area contributed by atoms with Crippen LogP contribution in [0.5, 0.6) is 0 Å². The average Bonchev–Trinajstić information content (AvgIpc) is 2.59. The number of likely N-dealkylation sites (tertiary alicyclic amines) is 1. The number of hydrogen-bond donors (Lipinski definition) is 1. The lowest BCUT2D eigenvalue weighted by Crippen LogP contribution is -2.31. The first-order valence-corrected chi connectivity index (χ1v) is 5.76. The second kappa shape index (κ2) is 4.66. The first-order chi connectivity index (χ1) is 7.27. The molecule has 4 heteroatoms. The number of aromatic nitrogens is 2. The van der Waals surface area contributed by atoms with E-state index in [-0.39, 0.29) is 0 Å². The Morgan fingerprint density at radius 2 is 2.07 bits per heavy atom. The molecule has 2 rings (SSSR count). The minimum atomic E-state index is 0.753. The maximum Gasteiger partial charge on any atom is 0.123 e. The number of nitrogens with zero attached hydrogens (tertiary/aromatic N) is 3. The molecule has 1 saturated heterocycles. The van der Waals surface area contributed by atoms with E-state index in [1.807, 2.05) is 11.6 Å². The van der Waals surface area contributed by atoms with Crippen molar-refractivity contribution < 1.29 is 0 Å². The summed E-state index contributed by atoms with van der Waals surface area (Å²) in [7, 11) is 1.98. The van der Waals surface area contributed by atoms with Gasteiger partial charge in [0.15, 0.2) is 0 Å². The molecule has 0 atom stereocenters. The van der Waals surface area contributed by atoms with Gasteiger partial charge in [-0.05, 0) is 25.9 Å². The zero-order chi connectivity index (χ0) is 10.7. The molecule has 2 heterocycles. The Bertz CT molecular complexity index is 312. The first kappa shape index (κ1) is 10.5. The highest BCUT2D eigenvalue weighted by Crippen LogP contribution is 2.10.